The molecule has 0 fully saturated rings. The Kier molecular flexibility index (Phi) is 3.23. The molecule has 0 aromatic rings. The van der Waals surface area contributed by atoms with Gasteiger partial charge in [0.15, 0.2) is 0 Å². The first-order chi connectivity index (χ1) is 4.86. The van der Waals surface area contributed by atoms with E-state index in [0.29, 0.717) is 0 Å². The summed E-state index contributed by atoms with van der Waals surface area (Å²) in [6.45, 7) is 5.64. The third-order valence-electron chi connectivity index (χ3n) is 2.01. The summed E-state index contributed by atoms with van der Waals surface area (Å²) in [7, 11) is 0. The highest BCUT2D eigenvalue weighted by atomic mass is 35.5. The van der Waals surface area contributed by atoms with Gasteiger partial charge in [-0.05, 0) is 13.0 Å². The molecule has 0 N–H and O–H groups in total. The molecule has 0 aromatic carbocycles. The lowest BCUT2D eigenvalue weighted by Gasteiger charge is -2.23. The predicted octanol–water partition coefficient (Wildman–Crippen LogP) is 1.88. The minimum Gasteiger partial charge on any atom is -0.300 e. The van der Waals surface area contributed by atoms with Crippen LogP contribution in [0.25, 0.3) is 0 Å². The number of rotatable bonds is 2. The molecule has 0 aliphatic carbocycles. The van der Waals surface area contributed by atoms with Crippen molar-refractivity contribution in [2.45, 2.75) is 13.3 Å². The SMILES string of the molecule is CCN1CC=C(CCl)CC1. The Morgan fingerprint density at radius 2 is 2.50 bits per heavy atom. The molecule has 0 bridgehead atoms. The van der Waals surface area contributed by atoms with E-state index in [0.717, 1.165) is 25.4 Å². The molecule has 0 radical (unpaired) electrons. The molecule has 2 heteroatoms. The molecule has 1 rings (SSSR count). The zero-order valence-corrected chi connectivity index (χ0v) is 7.19. The van der Waals surface area contributed by atoms with Crippen molar-refractivity contribution in [3.63, 3.8) is 0 Å². The van der Waals surface area contributed by atoms with Crippen LogP contribution in [-0.4, -0.2) is 30.4 Å². The summed E-state index contributed by atoms with van der Waals surface area (Å²) in [5, 5.41) is 0. The molecule has 0 aromatic heterocycles. The molecule has 10 heavy (non-hydrogen) atoms. The summed E-state index contributed by atoms with van der Waals surface area (Å²) >= 11 is 5.68. The van der Waals surface area contributed by atoms with Crippen molar-refractivity contribution in [2.75, 3.05) is 25.5 Å². The molecule has 1 aliphatic heterocycles. The summed E-state index contributed by atoms with van der Waals surface area (Å²) in [6.07, 6.45) is 3.41. The van der Waals surface area contributed by atoms with E-state index in [2.05, 4.69) is 17.9 Å². The van der Waals surface area contributed by atoms with Gasteiger partial charge >= 0.3 is 0 Å². The molecule has 0 amide bonds. The van der Waals surface area contributed by atoms with Crippen LogP contribution < -0.4 is 0 Å². The third-order valence-corrected chi connectivity index (χ3v) is 2.35. The first-order valence-electron chi connectivity index (χ1n) is 3.83. The summed E-state index contributed by atoms with van der Waals surface area (Å²) in [5.41, 5.74) is 1.41. The van der Waals surface area contributed by atoms with E-state index in [1.807, 2.05) is 0 Å². The highest BCUT2D eigenvalue weighted by molar-refractivity contribution is 6.19. The average Bonchev–Trinajstić information content (AvgIpc) is 2.05. The lowest BCUT2D eigenvalue weighted by atomic mass is 10.1. The monoisotopic (exact) mass is 159 g/mol. The van der Waals surface area contributed by atoms with E-state index in [-0.39, 0.29) is 0 Å². The van der Waals surface area contributed by atoms with Crippen molar-refractivity contribution in [1.82, 2.24) is 4.90 Å². The fraction of sp³-hybridized carbons (Fsp3) is 0.750. The first-order valence-corrected chi connectivity index (χ1v) is 4.36. The van der Waals surface area contributed by atoms with Gasteiger partial charge in [0.1, 0.15) is 0 Å². The maximum atomic E-state index is 5.68. The van der Waals surface area contributed by atoms with Crippen molar-refractivity contribution < 1.29 is 0 Å². The molecule has 1 aliphatic rings. The van der Waals surface area contributed by atoms with Crippen molar-refractivity contribution in [1.29, 1.82) is 0 Å². The summed E-state index contributed by atoms with van der Waals surface area (Å²) < 4.78 is 0. The second kappa shape index (κ2) is 3.99. The molecule has 0 unspecified atom stereocenters. The minimum absolute atomic E-state index is 0.720. The van der Waals surface area contributed by atoms with Crippen LogP contribution in [-0.2, 0) is 0 Å². The Hall–Kier alpha value is -0.0100. The summed E-state index contributed by atoms with van der Waals surface area (Å²) in [4.78, 5) is 2.41. The molecule has 0 saturated carbocycles. The average molecular weight is 160 g/mol. The van der Waals surface area contributed by atoms with Crippen LogP contribution in [0.3, 0.4) is 0 Å². The molecule has 1 heterocycles. The van der Waals surface area contributed by atoms with E-state index >= 15 is 0 Å². The van der Waals surface area contributed by atoms with E-state index in [1.165, 1.54) is 12.1 Å². The van der Waals surface area contributed by atoms with Gasteiger partial charge in [-0.3, -0.25) is 4.90 Å². The lowest BCUT2D eigenvalue weighted by molar-refractivity contribution is 0.310. The van der Waals surface area contributed by atoms with Crippen LogP contribution >= 0.6 is 11.6 Å². The van der Waals surface area contributed by atoms with Crippen LogP contribution in [0, 0.1) is 0 Å². The van der Waals surface area contributed by atoms with Gasteiger partial charge in [-0.25, -0.2) is 0 Å². The van der Waals surface area contributed by atoms with Crippen molar-refractivity contribution >= 4 is 11.6 Å². The zero-order chi connectivity index (χ0) is 7.40. The van der Waals surface area contributed by atoms with Crippen LogP contribution in [0.4, 0.5) is 0 Å². The largest absolute Gasteiger partial charge is 0.300 e. The molecule has 1 nitrogen and oxygen atoms in total. The van der Waals surface area contributed by atoms with Gasteiger partial charge in [-0.2, -0.15) is 0 Å². The van der Waals surface area contributed by atoms with E-state index in [1.54, 1.807) is 0 Å². The highest BCUT2D eigenvalue weighted by Gasteiger charge is 2.07. The first kappa shape index (κ1) is 8.09. The molecular formula is C8H14ClN. The molecule has 0 atom stereocenters. The lowest BCUT2D eigenvalue weighted by Crippen LogP contribution is -2.28. The normalized spacial score (nSPS) is 20.8. The molecule has 58 valence electrons. The van der Waals surface area contributed by atoms with Crippen LogP contribution in [0.1, 0.15) is 13.3 Å². The third kappa shape index (κ3) is 1.99. The maximum Gasteiger partial charge on any atom is 0.0434 e. The van der Waals surface area contributed by atoms with E-state index in [9.17, 15) is 0 Å². The number of hydrogen-bond donors (Lipinski definition) is 0. The number of halogens is 1. The van der Waals surface area contributed by atoms with Crippen molar-refractivity contribution in [3.05, 3.63) is 11.6 Å². The number of nitrogens with zero attached hydrogens (tertiary/aromatic N) is 1. The number of likely N-dealkylation sites (N-methyl/N-ethyl adjacent to an activating group) is 1. The Bertz CT molecular complexity index is 131. The van der Waals surface area contributed by atoms with Crippen LogP contribution in [0.2, 0.25) is 0 Å². The minimum atomic E-state index is 0.720. The standard InChI is InChI=1S/C8H14ClN/c1-2-10-5-3-8(7-9)4-6-10/h3H,2,4-7H2,1H3. The molecule has 0 saturated heterocycles. The Morgan fingerprint density at radius 3 is 2.90 bits per heavy atom. The second-order valence-corrected chi connectivity index (χ2v) is 2.91. The number of hydrogen-bond acceptors (Lipinski definition) is 1. The smallest absolute Gasteiger partial charge is 0.0434 e. The van der Waals surface area contributed by atoms with Crippen LogP contribution in [0.15, 0.2) is 11.6 Å². The molecule has 0 spiro atoms. The summed E-state index contributed by atoms with van der Waals surface area (Å²) in [5.74, 6) is 0.720. The Labute approximate surface area is 67.7 Å². The molecular weight excluding hydrogens is 146 g/mol. The number of alkyl halides is 1. The van der Waals surface area contributed by atoms with Gasteiger partial charge in [-0.15, -0.1) is 11.6 Å². The van der Waals surface area contributed by atoms with Gasteiger partial charge in [0, 0.05) is 19.0 Å². The van der Waals surface area contributed by atoms with Crippen molar-refractivity contribution in [3.8, 4) is 0 Å². The topological polar surface area (TPSA) is 3.24 Å². The fourth-order valence-corrected chi connectivity index (χ4v) is 1.40. The quantitative estimate of drug-likeness (QED) is 0.439. The Morgan fingerprint density at radius 1 is 1.70 bits per heavy atom. The Balaban J connectivity index is 2.36. The fourth-order valence-electron chi connectivity index (χ4n) is 1.16. The highest BCUT2D eigenvalue weighted by Crippen LogP contribution is 2.10. The predicted molar refractivity (Wildman–Crippen MR) is 45.5 cm³/mol. The van der Waals surface area contributed by atoms with Gasteiger partial charge in [0.25, 0.3) is 0 Å². The van der Waals surface area contributed by atoms with E-state index < -0.39 is 0 Å². The second-order valence-electron chi connectivity index (χ2n) is 2.64. The zero-order valence-electron chi connectivity index (χ0n) is 6.44. The van der Waals surface area contributed by atoms with E-state index in [4.69, 9.17) is 11.6 Å². The van der Waals surface area contributed by atoms with Gasteiger partial charge in [0.2, 0.25) is 0 Å². The van der Waals surface area contributed by atoms with Crippen LogP contribution in [0.5, 0.6) is 0 Å². The van der Waals surface area contributed by atoms with Gasteiger partial charge in [-0.1, -0.05) is 18.6 Å². The van der Waals surface area contributed by atoms with Crippen molar-refractivity contribution in [2.24, 2.45) is 0 Å². The summed E-state index contributed by atoms with van der Waals surface area (Å²) in [6, 6.07) is 0. The van der Waals surface area contributed by atoms with Gasteiger partial charge < -0.3 is 0 Å². The van der Waals surface area contributed by atoms with Gasteiger partial charge in [0.05, 0.1) is 0 Å². The maximum absolute atomic E-state index is 5.68.